The summed E-state index contributed by atoms with van der Waals surface area (Å²) in [6, 6.07) is 17.3. The molecular weight excluding hydrogens is 292 g/mol. The highest BCUT2D eigenvalue weighted by atomic mass is 16.5. The molecule has 0 unspecified atom stereocenters. The number of carbonyl (C=O) groups is 1. The lowest BCUT2D eigenvalue weighted by Gasteiger charge is -2.10. The molecule has 0 saturated carbocycles. The number of carboxylic acids is 1. The maximum atomic E-state index is 11.4. The molecular formula is C18H12N2O3. The first-order valence-electron chi connectivity index (χ1n) is 6.70. The van der Waals surface area contributed by atoms with Crippen LogP contribution in [-0.2, 0) is 6.61 Å². The SMILES string of the molecule is N#CC(C#N)=Cc1ccc(OCc2ccccc2)c(C(=O)O)c1. The molecule has 112 valence electrons. The Labute approximate surface area is 133 Å². The quantitative estimate of drug-likeness (QED) is 0.854. The molecule has 0 bridgehead atoms. The Balaban J connectivity index is 2.27. The zero-order valence-electron chi connectivity index (χ0n) is 12.1. The van der Waals surface area contributed by atoms with Crippen LogP contribution in [0.4, 0.5) is 0 Å². The summed E-state index contributed by atoms with van der Waals surface area (Å²) in [6.45, 7) is 0.248. The van der Waals surface area contributed by atoms with E-state index in [1.54, 1.807) is 18.2 Å². The molecule has 0 spiro atoms. The van der Waals surface area contributed by atoms with Gasteiger partial charge in [0.05, 0.1) is 0 Å². The summed E-state index contributed by atoms with van der Waals surface area (Å²) in [5.41, 5.74) is 1.25. The van der Waals surface area contributed by atoms with Gasteiger partial charge in [0, 0.05) is 0 Å². The van der Waals surface area contributed by atoms with Crippen molar-refractivity contribution in [2.75, 3.05) is 0 Å². The van der Waals surface area contributed by atoms with Crippen molar-refractivity contribution in [2.45, 2.75) is 6.61 Å². The van der Waals surface area contributed by atoms with E-state index in [-0.39, 0.29) is 23.5 Å². The Morgan fingerprint density at radius 3 is 2.43 bits per heavy atom. The van der Waals surface area contributed by atoms with Crippen molar-refractivity contribution < 1.29 is 14.6 Å². The number of rotatable bonds is 5. The van der Waals surface area contributed by atoms with Gasteiger partial charge >= 0.3 is 5.97 Å². The van der Waals surface area contributed by atoms with E-state index in [0.29, 0.717) is 5.56 Å². The van der Waals surface area contributed by atoms with E-state index in [2.05, 4.69) is 0 Å². The van der Waals surface area contributed by atoms with Gasteiger partial charge in [-0.05, 0) is 29.3 Å². The van der Waals surface area contributed by atoms with Crippen LogP contribution < -0.4 is 4.74 Å². The Morgan fingerprint density at radius 2 is 1.83 bits per heavy atom. The third-order valence-electron chi connectivity index (χ3n) is 3.02. The van der Waals surface area contributed by atoms with Crippen molar-refractivity contribution in [1.82, 2.24) is 0 Å². The minimum Gasteiger partial charge on any atom is -0.488 e. The lowest BCUT2D eigenvalue weighted by molar-refractivity contribution is 0.0691. The van der Waals surface area contributed by atoms with Gasteiger partial charge < -0.3 is 9.84 Å². The number of aromatic carboxylic acids is 1. The fourth-order valence-electron chi connectivity index (χ4n) is 1.92. The number of hydrogen-bond donors (Lipinski definition) is 1. The lowest BCUT2D eigenvalue weighted by atomic mass is 10.1. The first-order chi connectivity index (χ1) is 11.1. The normalized spacial score (nSPS) is 9.30. The third kappa shape index (κ3) is 4.20. The number of benzene rings is 2. The first-order valence-corrected chi connectivity index (χ1v) is 6.70. The minimum atomic E-state index is -1.14. The van der Waals surface area contributed by atoms with Gasteiger partial charge in [0.2, 0.25) is 0 Å². The van der Waals surface area contributed by atoms with Crippen LogP contribution in [0, 0.1) is 22.7 Å². The molecule has 0 saturated heterocycles. The summed E-state index contributed by atoms with van der Waals surface area (Å²) in [4.78, 5) is 11.4. The molecule has 5 heteroatoms. The van der Waals surface area contributed by atoms with Crippen molar-refractivity contribution in [3.8, 4) is 17.9 Å². The fourth-order valence-corrected chi connectivity index (χ4v) is 1.92. The summed E-state index contributed by atoms with van der Waals surface area (Å²) in [5.74, 6) is -0.909. The fraction of sp³-hybridized carbons (Fsp3) is 0.0556. The Hall–Kier alpha value is -3.57. The van der Waals surface area contributed by atoms with E-state index in [4.69, 9.17) is 15.3 Å². The van der Waals surface area contributed by atoms with Gasteiger partial charge in [-0.25, -0.2) is 4.79 Å². The highest BCUT2D eigenvalue weighted by Crippen LogP contribution is 2.23. The maximum absolute atomic E-state index is 11.4. The monoisotopic (exact) mass is 304 g/mol. The number of hydrogen-bond acceptors (Lipinski definition) is 4. The number of nitrogens with zero attached hydrogens (tertiary/aromatic N) is 2. The van der Waals surface area contributed by atoms with Crippen LogP contribution >= 0.6 is 0 Å². The van der Waals surface area contributed by atoms with Crippen LogP contribution in [0.5, 0.6) is 5.75 Å². The predicted molar refractivity (Wildman–Crippen MR) is 83.4 cm³/mol. The molecule has 0 aliphatic carbocycles. The molecule has 0 heterocycles. The largest absolute Gasteiger partial charge is 0.488 e. The van der Waals surface area contributed by atoms with Crippen molar-refractivity contribution in [3.05, 3.63) is 70.8 Å². The average Bonchev–Trinajstić information content (AvgIpc) is 2.59. The standard InChI is InChI=1S/C18H12N2O3/c19-10-15(11-20)8-14-6-7-17(16(9-14)18(21)22)23-12-13-4-2-1-3-5-13/h1-9H,12H2,(H,21,22). The Kier molecular flexibility index (Phi) is 5.12. The van der Waals surface area contributed by atoms with Crippen molar-refractivity contribution in [1.29, 1.82) is 10.5 Å². The maximum Gasteiger partial charge on any atom is 0.339 e. The highest BCUT2D eigenvalue weighted by molar-refractivity contribution is 5.91. The minimum absolute atomic E-state index is 0.0232. The van der Waals surface area contributed by atoms with Crippen LogP contribution in [0.1, 0.15) is 21.5 Å². The summed E-state index contributed by atoms with van der Waals surface area (Å²) in [6.07, 6.45) is 1.33. The summed E-state index contributed by atoms with van der Waals surface area (Å²) < 4.78 is 5.57. The molecule has 2 aromatic carbocycles. The molecule has 23 heavy (non-hydrogen) atoms. The molecule has 1 N–H and O–H groups in total. The Morgan fingerprint density at radius 1 is 1.13 bits per heavy atom. The zero-order chi connectivity index (χ0) is 16.7. The van der Waals surface area contributed by atoms with E-state index in [0.717, 1.165) is 5.56 Å². The summed E-state index contributed by atoms with van der Waals surface area (Å²) in [7, 11) is 0. The molecule has 0 fully saturated rings. The van der Waals surface area contributed by atoms with Gasteiger partial charge in [-0.1, -0.05) is 36.4 Å². The third-order valence-corrected chi connectivity index (χ3v) is 3.02. The molecule has 0 aliphatic heterocycles. The van der Waals surface area contributed by atoms with Gasteiger partial charge in [-0.2, -0.15) is 10.5 Å². The van der Waals surface area contributed by atoms with Crippen LogP contribution in [-0.4, -0.2) is 11.1 Å². The summed E-state index contributed by atoms with van der Waals surface area (Å²) >= 11 is 0. The van der Waals surface area contributed by atoms with Gasteiger partial charge in [0.25, 0.3) is 0 Å². The molecule has 2 aromatic rings. The molecule has 0 aromatic heterocycles. The van der Waals surface area contributed by atoms with E-state index in [1.165, 1.54) is 18.2 Å². The van der Waals surface area contributed by atoms with Crippen molar-refractivity contribution >= 4 is 12.0 Å². The van der Waals surface area contributed by atoms with E-state index in [9.17, 15) is 9.90 Å². The smallest absolute Gasteiger partial charge is 0.339 e. The molecule has 0 amide bonds. The van der Waals surface area contributed by atoms with E-state index in [1.807, 2.05) is 30.3 Å². The predicted octanol–water partition coefficient (Wildman–Crippen LogP) is 3.39. The Bertz CT molecular complexity index is 812. The molecule has 0 radical (unpaired) electrons. The van der Waals surface area contributed by atoms with Crippen molar-refractivity contribution in [2.24, 2.45) is 0 Å². The number of allylic oxidation sites excluding steroid dienone is 1. The highest BCUT2D eigenvalue weighted by Gasteiger charge is 2.12. The molecule has 5 nitrogen and oxygen atoms in total. The van der Waals surface area contributed by atoms with Gasteiger partial charge in [-0.15, -0.1) is 0 Å². The second kappa shape index (κ2) is 7.44. The van der Waals surface area contributed by atoms with Crippen LogP contribution in [0.25, 0.3) is 6.08 Å². The first kappa shape index (κ1) is 15.8. The second-order valence-electron chi connectivity index (χ2n) is 4.62. The van der Waals surface area contributed by atoms with Crippen LogP contribution in [0.15, 0.2) is 54.1 Å². The molecule has 2 rings (SSSR count). The number of ether oxygens (including phenoxy) is 1. The van der Waals surface area contributed by atoms with Gasteiger partial charge in [0.15, 0.2) is 0 Å². The second-order valence-corrected chi connectivity index (χ2v) is 4.62. The van der Waals surface area contributed by atoms with E-state index < -0.39 is 5.97 Å². The number of nitriles is 2. The average molecular weight is 304 g/mol. The summed E-state index contributed by atoms with van der Waals surface area (Å²) in [5, 5.41) is 26.8. The van der Waals surface area contributed by atoms with Crippen molar-refractivity contribution in [3.63, 3.8) is 0 Å². The molecule has 0 aliphatic rings. The zero-order valence-corrected chi connectivity index (χ0v) is 12.1. The van der Waals surface area contributed by atoms with Gasteiger partial charge in [-0.3, -0.25) is 0 Å². The molecule has 0 atom stereocenters. The lowest BCUT2D eigenvalue weighted by Crippen LogP contribution is -2.04. The van der Waals surface area contributed by atoms with Crippen LogP contribution in [0.2, 0.25) is 0 Å². The van der Waals surface area contributed by atoms with E-state index >= 15 is 0 Å². The van der Waals surface area contributed by atoms with Gasteiger partial charge in [0.1, 0.15) is 35.6 Å². The van der Waals surface area contributed by atoms with Crippen LogP contribution in [0.3, 0.4) is 0 Å². The topological polar surface area (TPSA) is 94.1 Å². The number of carboxylic acid groups (broad SMARTS) is 1.